The van der Waals surface area contributed by atoms with E-state index in [-0.39, 0.29) is 11.8 Å². The summed E-state index contributed by atoms with van der Waals surface area (Å²) in [5, 5.41) is 0.726. The van der Waals surface area contributed by atoms with Crippen molar-refractivity contribution < 1.29 is 9.21 Å². The molecule has 2 aromatic heterocycles. The molecule has 0 saturated carbocycles. The zero-order chi connectivity index (χ0) is 16.6. The average Bonchev–Trinajstić information content (AvgIpc) is 3.17. The molecule has 1 amide bonds. The molecule has 0 saturated heterocycles. The Labute approximate surface area is 139 Å². The van der Waals surface area contributed by atoms with E-state index in [1.165, 1.54) is 11.1 Å². The summed E-state index contributed by atoms with van der Waals surface area (Å²) >= 11 is 1.55. The lowest BCUT2D eigenvalue weighted by atomic mass is 10.1. The van der Waals surface area contributed by atoms with Crippen molar-refractivity contribution in [2.24, 2.45) is 5.92 Å². The van der Waals surface area contributed by atoms with Crippen LogP contribution in [0.1, 0.15) is 30.7 Å². The molecule has 120 valence electrons. The van der Waals surface area contributed by atoms with Crippen LogP contribution in [0.25, 0.3) is 10.2 Å². The minimum atomic E-state index is -0.0974. The monoisotopic (exact) mass is 328 g/mol. The number of fused-ring (bicyclic) bond motifs is 1. The predicted molar refractivity (Wildman–Crippen MR) is 93.8 cm³/mol. The van der Waals surface area contributed by atoms with Crippen LogP contribution < -0.4 is 4.90 Å². The highest BCUT2D eigenvalue weighted by Crippen LogP contribution is 2.33. The Morgan fingerprint density at radius 1 is 1.30 bits per heavy atom. The van der Waals surface area contributed by atoms with E-state index in [9.17, 15) is 4.79 Å². The average molecular weight is 328 g/mol. The van der Waals surface area contributed by atoms with Gasteiger partial charge in [-0.2, -0.15) is 0 Å². The van der Waals surface area contributed by atoms with Gasteiger partial charge >= 0.3 is 0 Å². The van der Waals surface area contributed by atoms with Crippen LogP contribution in [0.2, 0.25) is 0 Å². The number of aryl methyl sites for hydroxylation is 2. The Balaban J connectivity index is 2.05. The number of thiazole rings is 1. The van der Waals surface area contributed by atoms with Gasteiger partial charge in [-0.15, -0.1) is 0 Å². The van der Waals surface area contributed by atoms with Crippen molar-refractivity contribution in [2.45, 2.75) is 34.2 Å². The van der Waals surface area contributed by atoms with E-state index >= 15 is 0 Å². The molecule has 5 heteroatoms. The van der Waals surface area contributed by atoms with Gasteiger partial charge < -0.3 is 4.42 Å². The summed E-state index contributed by atoms with van der Waals surface area (Å²) in [6, 6.07) is 7.88. The number of hydrogen-bond donors (Lipinski definition) is 0. The number of furan rings is 1. The molecular weight excluding hydrogens is 308 g/mol. The molecule has 1 aromatic carbocycles. The van der Waals surface area contributed by atoms with E-state index in [4.69, 9.17) is 9.40 Å². The van der Waals surface area contributed by atoms with Crippen molar-refractivity contribution in [3.05, 3.63) is 47.4 Å². The molecule has 0 spiro atoms. The van der Waals surface area contributed by atoms with Gasteiger partial charge in [0.25, 0.3) is 0 Å². The lowest BCUT2D eigenvalue weighted by molar-refractivity contribution is -0.121. The Morgan fingerprint density at radius 2 is 2.09 bits per heavy atom. The minimum Gasteiger partial charge on any atom is -0.467 e. The van der Waals surface area contributed by atoms with E-state index < -0.39 is 0 Å². The van der Waals surface area contributed by atoms with Crippen molar-refractivity contribution in [1.29, 1.82) is 0 Å². The molecule has 0 aliphatic heterocycles. The summed E-state index contributed by atoms with van der Waals surface area (Å²) in [4.78, 5) is 19.1. The maximum absolute atomic E-state index is 12.6. The molecule has 0 bridgehead atoms. The fourth-order valence-electron chi connectivity index (χ4n) is 2.44. The summed E-state index contributed by atoms with van der Waals surface area (Å²) in [7, 11) is 0. The molecular formula is C18H20N2O2S. The number of nitrogens with zero attached hydrogens (tertiary/aromatic N) is 2. The first kappa shape index (κ1) is 15.7. The maximum atomic E-state index is 12.6. The third-order valence-corrected chi connectivity index (χ3v) is 5.00. The first-order chi connectivity index (χ1) is 11.0. The number of carbonyl (C=O) groups is 1. The lowest BCUT2D eigenvalue weighted by Crippen LogP contribution is -2.33. The van der Waals surface area contributed by atoms with E-state index in [0.29, 0.717) is 6.54 Å². The Morgan fingerprint density at radius 3 is 2.74 bits per heavy atom. The fourth-order valence-corrected chi connectivity index (χ4v) is 3.47. The summed E-state index contributed by atoms with van der Waals surface area (Å²) in [5.74, 6) is 0.709. The van der Waals surface area contributed by atoms with Crippen molar-refractivity contribution in [3.8, 4) is 0 Å². The summed E-state index contributed by atoms with van der Waals surface area (Å²) in [5.41, 5.74) is 3.35. The first-order valence-electron chi connectivity index (χ1n) is 7.68. The molecule has 23 heavy (non-hydrogen) atoms. The molecule has 0 radical (unpaired) electrons. The van der Waals surface area contributed by atoms with Gasteiger partial charge in [0, 0.05) is 5.92 Å². The number of amides is 1. The molecule has 0 fully saturated rings. The van der Waals surface area contributed by atoms with Crippen LogP contribution in [0, 0.1) is 19.8 Å². The lowest BCUT2D eigenvalue weighted by Gasteiger charge is -2.20. The second-order valence-electron chi connectivity index (χ2n) is 6.01. The van der Waals surface area contributed by atoms with Crippen molar-refractivity contribution in [1.82, 2.24) is 4.98 Å². The third kappa shape index (κ3) is 3.01. The van der Waals surface area contributed by atoms with Crippen LogP contribution >= 0.6 is 11.3 Å². The molecule has 0 aliphatic rings. The molecule has 0 atom stereocenters. The molecule has 2 heterocycles. The maximum Gasteiger partial charge on any atom is 0.231 e. The van der Waals surface area contributed by atoms with Gasteiger partial charge in [0.2, 0.25) is 5.91 Å². The van der Waals surface area contributed by atoms with E-state index in [0.717, 1.165) is 21.1 Å². The third-order valence-electron chi connectivity index (χ3n) is 3.96. The summed E-state index contributed by atoms with van der Waals surface area (Å²) in [6.07, 6.45) is 1.62. The number of anilines is 1. The first-order valence-corrected chi connectivity index (χ1v) is 8.49. The second kappa shape index (κ2) is 6.16. The van der Waals surface area contributed by atoms with Gasteiger partial charge in [-0.25, -0.2) is 4.98 Å². The van der Waals surface area contributed by atoms with Crippen molar-refractivity contribution in [3.63, 3.8) is 0 Å². The van der Waals surface area contributed by atoms with Gasteiger partial charge in [0.1, 0.15) is 5.76 Å². The van der Waals surface area contributed by atoms with Gasteiger partial charge in [0.15, 0.2) is 5.13 Å². The normalized spacial score (nSPS) is 11.3. The second-order valence-corrected chi connectivity index (χ2v) is 7.02. The number of benzene rings is 1. The van der Waals surface area contributed by atoms with Gasteiger partial charge in [-0.05, 0) is 43.2 Å². The van der Waals surface area contributed by atoms with Crippen LogP contribution in [0.4, 0.5) is 5.13 Å². The summed E-state index contributed by atoms with van der Waals surface area (Å²) in [6.45, 7) is 8.36. The number of rotatable bonds is 4. The van der Waals surface area contributed by atoms with Crippen LogP contribution in [0.15, 0.2) is 34.9 Å². The van der Waals surface area contributed by atoms with Gasteiger partial charge in [0.05, 0.1) is 23.0 Å². The fraction of sp³-hybridized carbons (Fsp3) is 0.333. The van der Waals surface area contributed by atoms with Gasteiger partial charge in [-0.3, -0.25) is 9.69 Å². The highest BCUT2D eigenvalue weighted by Gasteiger charge is 2.23. The van der Waals surface area contributed by atoms with Crippen LogP contribution in [-0.2, 0) is 11.3 Å². The van der Waals surface area contributed by atoms with E-state index in [2.05, 4.69) is 26.0 Å². The highest BCUT2D eigenvalue weighted by atomic mass is 32.1. The van der Waals surface area contributed by atoms with E-state index in [1.54, 1.807) is 22.5 Å². The predicted octanol–water partition coefficient (Wildman–Crippen LogP) is 4.70. The molecule has 0 aliphatic carbocycles. The summed E-state index contributed by atoms with van der Waals surface area (Å²) < 4.78 is 6.52. The van der Waals surface area contributed by atoms with Crippen LogP contribution in [0.3, 0.4) is 0 Å². The largest absolute Gasteiger partial charge is 0.467 e. The SMILES string of the molecule is Cc1ccc2sc(N(Cc3ccco3)C(=O)C(C)C)nc2c1C. The Bertz CT molecular complexity index is 834. The molecule has 4 nitrogen and oxygen atoms in total. The van der Waals surface area contributed by atoms with Crippen LogP contribution in [0.5, 0.6) is 0 Å². The van der Waals surface area contributed by atoms with E-state index in [1.807, 2.05) is 26.0 Å². The van der Waals surface area contributed by atoms with Crippen molar-refractivity contribution in [2.75, 3.05) is 4.90 Å². The van der Waals surface area contributed by atoms with Crippen molar-refractivity contribution >= 4 is 32.6 Å². The topological polar surface area (TPSA) is 46.3 Å². The zero-order valence-electron chi connectivity index (χ0n) is 13.8. The number of aromatic nitrogens is 1. The standard InChI is InChI=1S/C18H20N2O2S/c1-11(2)17(21)20(10-14-6-5-9-22-14)18-19-16-13(4)12(3)7-8-15(16)23-18/h5-9,11H,10H2,1-4H3. The van der Waals surface area contributed by atoms with Gasteiger partial charge in [-0.1, -0.05) is 31.3 Å². The smallest absolute Gasteiger partial charge is 0.231 e. The minimum absolute atomic E-state index is 0.0508. The molecule has 3 aromatic rings. The number of hydrogen-bond acceptors (Lipinski definition) is 4. The Hall–Kier alpha value is -2.14. The zero-order valence-corrected chi connectivity index (χ0v) is 14.6. The molecule has 0 unspecified atom stereocenters. The highest BCUT2D eigenvalue weighted by molar-refractivity contribution is 7.22. The molecule has 0 N–H and O–H groups in total. The quantitative estimate of drug-likeness (QED) is 0.697. The Kier molecular flexibility index (Phi) is 4.22. The number of carbonyl (C=O) groups excluding carboxylic acids is 1. The molecule has 3 rings (SSSR count). The van der Waals surface area contributed by atoms with Crippen LogP contribution in [-0.4, -0.2) is 10.9 Å².